The molecule has 1 aromatic rings. The molecule has 1 N–H and O–H groups in total. The minimum atomic E-state index is -0.996. The SMILES string of the molecule is CCCOC(=O)OC(C)CN[C@@H](Cc1ccc(OC(=O)OC(C)(C)CC)c(OC(=O)OC(C)(C)CC)c1)C(=O)OC. The van der Waals surface area contributed by atoms with Crippen molar-refractivity contribution in [3.63, 3.8) is 0 Å². The highest BCUT2D eigenvalue weighted by molar-refractivity contribution is 5.76. The molecule has 1 rings (SSSR count). The van der Waals surface area contributed by atoms with Crippen LogP contribution in [0.3, 0.4) is 0 Å². The fourth-order valence-corrected chi connectivity index (χ4v) is 3.01. The number of carbonyl (C=O) groups is 4. The van der Waals surface area contributed by atoms with Gasteiger partial charge in [-0.05, 0) is 78.0 Å². The number of carbonyl (C=O) groups excluding carboxylic acids is 4. The van der Waals surface area contributed by atoms with E-state index in [4.69, 9.17) is 33.2 Å². The Morgan fingerprint density at radius 2 is 1.41 bits per heavy atom. The summed E-state index contributed by atoms with van der Waals surface area (Å²) < 4.78 is 36.5. The maximum Gasteiger partial charge on any atom is 0.514 e. The van der Waals surface area contributed by atoms with Gasteiger partial charge in [0.05, 0.1) is 13.7 Å². The summed E-state index contributed by atoms with van der Waals surface area (Å²) in [6.07, 6.45) is -1.53. The molecule has 0 aromatic heterocycles. The Hall–Kier alpha value is -3.54. The van der Waals surface area contributed by atoms with E-state index in [-0.39, 0.29) is 31.1 Å². The average Bonchev–Trinajstić information content (AvgIpc) is 2.90. The van der Waals surface area contributed by atoms with Crippen LogP contribution in [-0.2, 0) is 34.9 Å². The number of ether oxygens (including phenoxy) is 7. The molecule has 12 nitrogen and oxygen atoms in total. The Labute approximate surface area is 242 Å². The number of hydrogen-bond donors (Lipinski definition) is 1. The van der Waals surface area contributed by atoms with E-state index in [1.807, 2.05) is 20.8 Å². The van der Waals surface area contributed by atoms with Gasteiger partial charge in [0.1, 0.15) is 23.3 Å². The lowest BCUT2D eigenvalue weighted by atomic mass is 10.0. The molecular weight excluding hydrogens is 538 g/mol. The Kier molecular flexibility index (Phi) is 14.4. The molecule has 0 fully saturated rings. The lowest BCUT2D eigenvalue weighted by molar-refractivity contribution is -0.143. The maximum atomic E-state index is 12.6. The molecule has 2 atom stereocenters. The van der Waals surface area contributed by atoms with Crippen LogP contribution in [0.4, 0.5) is 14.4 Å². The molecule has 0 saturated carbocycles. The van der Waals surface area contributed by atoms with Crippen molar-refractivity contribution in [3.8, 4) is 11.5 Å². The zero-order valence-corrected chi connectivity index (χ0v) is 25.6. The third-order valence-corrected chi connectivity index (χ3v) is 6.12. The van der Waals surface area contributed by atoms with Crippen molar-refractivity contribution in [1.29, 1.82) is 0 Å². The normalized spacial score (nSPS) is 12.9. The Morgan fingerprint density at radius 3 is 1.93 bits per heavy atom. The highest BCUT2D eigenvalue weighted by atomic mass is 16.8. The van der Waals surface area contributed by atoms with Crippen molar-refractivity contribution in [2.24, 2.45) is 0 Å². The van der Waals surface area contributed by atoms with Gasteiger partial charge in [-0.2, -0.15) is 0 Å². The molecule has 12 heteroatoms. The van der Waals surface area contributed by atoms with E-state index in [1.54, 1.807) is 40.7 Å². The number of esters is 1. The minimum absolute atomic E-state index is 0.0768. The van der Waals surface area contributed by atoms with Crippen LogP contribution < -0.4 is 14.8 Å². The number of hydrogen-bond acceptors (Lipinski definition) is 12. The van der Waals surface area contributed by atoms with Gasteiger partial charge in [0, 0.05) is 6.54 Å². The Bertz CT molecular complexity index is 1020. The smallest absolute Gasteiger partial charge is 0.468 e. The summed E-state index contributed by atoms with van der Waals surface area (Å²) in [5.41, 5.74) is -1.02. The van der Waals surface area contributed by atoms with Crippen molar-refractivity contribution in [1.82, 2.24) is 5.32 Å². The Balaban J connectivity index is 3.15. The molecule has 1 unspecified atom stereocenters. The van der Waals surface area contributed by atoms with Crippen molar-refractivity contribution in [2.75, 3.05) is 20.3 Å². The number of methoxy groups -OCH3 is 1. The molecule has 0 bridgehead atoms. The van der Waals surface area contributed by atoms with E-state index < -0.39 is 47.8 Å². The zero-order valence-electron chi connectivity index (χ0n) is 25.6. The predicted octanol–water partition coefficient (Wildman–Crippen LogP) is 5.72. The summed E-state index contributed by atoms with van der Waals surface area (Å²) in [6.45, 7) is 14.5. The first kappa shape index (κ1) is 35.5. The van der Waals surface area contributed by atoms with Gasteiger partial charge in [-0.15, -0.1) is 0 Å². The number of rotatable bonds is 15. The summed E-state index contributed by atoms with van der Waals surface area (Å²) >= 11 is 0. The monoisotopic (exact) mass is 583 g/mol. The van der Waals surface area contributed by atoms with Crippen molar-refractivity contribution in [3.05, 3.63) is 23.8 Å². The fraction of sp³-hybridized carbons (Fsp3) is 0.655. The third kappa shape index (κ3) is 13.6. The van der Waals surface area contributed by atoms with E-state index in [2.05, 4.69) is 5.32 Å². The lowest BCUT2D eigenvalue weighted by Crippen LogP contribution is -2.43. The molecule has 0 radical (unpaired) electrons. The predicted molar refractivity (Wildman–Crippen MR) is 149 cm³/mol. The van der Waals surface area contributed by atoms with Crippen LogP contribution in [0, 0.1) is 0 Å². The first-order chi connectivity index (χ1) is 19.1. The average molecular weight is 584 g/mol. The second kappa shape index (κ2) is 16.7. The Morgan fingerprint density at radius 1 is 0.854 bits per heavy atom. The number of benzene rings is 1. The molecule has 0 aliphatic heterocycles. The zero-order chi connectivity index (χ0) is 31.2. The largest absolute Gasteiger partial charge is 0.514 e. The summed E-state index contributed by atoms with van der Waals surface area (Å²) in [4.78, 5) is 49.2. The summed E-state index contributed by atoms with van der Waals surface area (Å²) in [5, 5.41) is 3.01. The van der Waals surface area contributed by atoms with Gasteiger partial charge >= 0.3 is 24.4 Å². The van der Waals surface area contributed by atoms with Crippen LogP contribution in [-0.4, -0.2) is 68.0 Å². The molecule has 1 aromatic carbocycles. The van der Waals surface area contributed by atoms with Gasteiger partial charge in [0.15, 0.2) is 11.5 Å². The van der Waals surface area contributed by atoms with Crippen LogP contribution in [0.25, 0.3) is 0 Å². The minimum Gasteiger partial charge on any atom is -0.468 e. The number of nitrogens with one attached hydrogen (secondary N) is 1. The van der Waals surface area contributed by atoms with E-state index in [0.717, 1.165) is 0 Å². The molecule has 0 aliphatic rings. The standard InChI is InChI=1S/C29H45NO11/c1-10-15-36-25(32)37-19(4)18-30-21(24(31)35-9)16-20-13-14-22(38-26(33)40-28(5,6)11-2)23(17-20)39-27(34)41-29(7,8)12-3/h13-14,17,19,21,30H,10-12,15-16,18H2,1-9H3/t19?,21-/m0/s1. The molecular formula is C29H45NO11. The first-order valence-electron chi connectivity index (χ1n) is 13.7. The van der Waals surface area contributed by atoms with Crippen molar-refractivity contribution in [2.45, 2.75) is 104 Å². The summed E-state index contributed by atoms with van der Waals surface area (Å²) in [6, 6.07) is 3.63. The molecule has 0 saturated heterocycles. The fourth-order valence-electron chi connectivity index (χ4n) is 3.01. The molecule has 0 amide bonds. The second-order valence-electron chi connectivity index (χ2n) is 10.6. The molecule has 0 heterocycles. The first-order valence-corrected chi connectivity index (χ1v) is 13.7. The van der Waals surface area contributed by atoms with E-state index in [0.29, 0.717) is 24.8 Å². The molecule has 0 aliphatic carbocycles. The molecule has 41 heavy (non-hydrogen) atoms. The highest BCUT2D eigenvalue weighted by Gasteiger charge is 2.27. The maximum absolute atomic E-state index is 12.6. The van der Waals surface area contributed by atoms with Crippen LogP contribution in [0.2, 0.25) is 0 Å². The van der Waals surface area contributed by atoms with Gasteiger partial charge < -0.3 is 38.5 Å². The van der Waals surface area contributed by atoms with Crippen molar-refractivity contribution < 1.29 is 52.3 Å². The van der Waals surface area contributed by atoms with Crippen LogP contribution in [0.15, 0.2) is 18.2 Å². The third-order valence-electron chi connectivity index (χ3n) is 6.12. The van der Waals surface area contributed by atoms with Gasteiger partial charge in [0.25, 0.3) is 0 Å². The topological polar surface area (TPSA) is 145 Å². The summed E-state index contributed by atoms with van der Waals surface area (Å²) in [5.74, 6) is -0.750. The lowest BCUT2D eigenvalue weighted by Gasteiger charge is -2.24. The van der Waals surface area contributed by atoms with Gasteiger partial charge in [-0.25, -0.2) is 14.4 Å². The van der Waals surface area contributed by atoms with Crippen LogP contribution in [0.1, 0.15) is 80.2 Å². The summed E-state index contributed by atoms with van der Waals surface area (Å²) in [7, 11) is 1.25. The quantitative estimate of drug-likeness (QED) is 0.153. The van der Waals surface area contributed by atoms with Crippen molar-refractivity contribution >= 4 is 24.4 Å². The highest BCUT2D eigenvalue weighted by Crippen LogP contribution is 2.31. The molecule has 0 spiro atoms. The second-order valence-corrected chi connectivity index (χ2v) is 10.6. The van der Waals surface area contributed by atoms with Gasteiger partial charge in [-0.1, -0.05) is 26.8 Å². The van der Waals surface area contributed by atoms with Crippen LogP contribution >= 0.6 is 0 Å². The van der Waals surface area contributed by atoms with Gasteiger partial charge in [-0.3, -0.25) is 4.79 Å². The van der Waals surface area contributed by atoms with E-state index in [9.17, 15) is 19.2 Å². The van der Waals surface area contributed by atoms with Crippen LogP contribution in [0.5, 0.6) is 11.5 Å². The van der Waals surface area contributed by atoms with E-state index >= 15 is 0 Å². The molecule has 232 valence electrons. The van der Waals surface area contributed by atoms with E-state index in [1.165, 1.54) is 19.2 Å². The van der Waals surface area contributed by atoms with Gasteiger partial charge in [0.2, 0.25) is 0 Å².